The molecule has 0 spiro atoms. The van der Waals surface area contributed by atoms with Gasteiger partial charge in [0.25, 0.3) is 0 Å². The first-order valence-corrected chi connectivity index (χ1v) is 8.49. The minimum Gasteiger partial charge on any atom is -0.326 e. The molecule has 0 aliphatic rings. The standard InChI is InChI=1S/C17H12Cl2N2OS/c18-12-6-13(19)8-14(7-12)20-16(22)9-15-10-23-17(21-15)11-4-2-1-3-5-11/h1-8,10H,9H2,(H,20,22). The fraction of sp³-hybridized carbons (Fsp3) is 0.0588. The Labute approximate surface area is 147 Å². The SMILES string of the molecule is O=C(Cc1csc(-c2ccccc2)n1)Nc1cc(Cl)cc(Cl)c1. The fourth-order valence-electron chi connectivity index (χ4n) is 2.10. The third-order valence-electron chi connectivity index (χ3n) is 3.06. The van der Waals surface area contributed by atoms with E-state index in [-0.39, 0.29) is 12.3 Å². The van der Waals surface area contributed by atoms with E-state index in [1.165, 1.54) is 11.3 Å². The van der Waals surface area contributed by atoms with Crippen molar-refractivity contribution in [2.75, 3.05) is 5.32 Å². The fourth-order valence-corrected chi connectivity index (χ4v) is 3.45. The summed E-state index contributed by atoms with van der Waals surface area (Å²) in [6, 6.07) is 14.8. The van der Waals surface area contributed by atoms with Crippen LogP contribution in [0.25, 0.3) is 10.6 Å². The summed E-state index contributed by atoms with van der Waals surface area (Å²) in [6.07, 6.45) is 0.202. The van der Waals surface area contributed by atoms with Gasteiger partial charge in [0.15, 0.2) is 0 Å². The lowest BCUT2D eigenvalue weighted by Gasteiger charge is -2.05. The lowest BCUT2D eigenvalue weighted by atomic mass is 10.2. The van der Waals surface area contributed by atoms with Crippen molar-refractivity contribution < 1.29 is 4.79 Å². The summed E-state index contributed by atoms with van der Waals surface area (Å²) in [5.41, 5.74) is 2.36. The molecule has 3 aromatic rings. The summed E-state index contributed by atoms with van der Waals surface area (Å²) >= 11 is 13.4. The molecule has 0 aliphatic heterocycles. The van der Waals surface area contributed by atoms with Crippen LogP contribution in [0.1, 0.15) is 5.69 Å². The van der Waals surface area contributed by atoms with Crippen LogP contribution in [0.5, 0.6) is 0 Å². The van der Waals surface area contributed by atoms with Crippen molar-refractivity contribution in [3.63, 3.8) is 0 Å². The van der Waals surface area contributed by atoms with E-state index in [2.05, 4.69) is 10.3 Å². The number of nitrogens with one attached hydrogen (secondary N) is 1. The maximum Gasteiger partial charge on any atom is 0.230 e. The smallest absolute Gasteiger partial charge is 0.230 e. The number of carbonyl (C=O) groups is 1. The Balaban J connectivity index is 1.68. The van der Waals surface area contributed by atoms with Crippen LogP contribution in [0, 0.1) is 0 Å². The van der Waals surface area contributed by atoms with Crippen molar-refractivity contribution in [2.45, 2.75) is 6.42 Å². The molecule has 0 saturated carbocycles. The normalized spacial score (nSPS) is 10.5. The molecule has 0 atom stereocenters. The molecule has 23 heavy (non-hydrogen) atoms. The van der Waals surface area contributed by atoms with E-state index < -0.39 is 0 Å². The molecular weight excluding hydrogens is 351 g/mol. The number of amides is 1. The highest BCUT2D eigenvalue weighted by Crippen LogP contribution is 2.24. The zero-order chi connectivity index (χ0) is 16.2. The minimum atomic E-state index is -0.159. The number of thiazole rings is 1. The Morgan fingerprint density at radius 3 is 2.48 bits per heavy atom. The summed E-state index contributed by atoms with van der Waals surface area (Å²) < 4.78 is 0. The van der Waals surface area contributed by atoms with Gasteiger partial charge in [0.2, 0.25) is 5.91 Å². The molecule has 0 saturated heterocycles. The van der Waals surface area contributed by atoms with Crippen LogP contribution in [0.4, 0.5) is 5.69 Å². The third-order valence-corrected chi connectivity index (χ3v) is 4.44. The van der Waals surface area contributed by atoms with Gasteiger partial charge in [-0.2, -0.15) is 0 Å². The molecule has 6 heteroatoms. The molecule has 0 bridgehead atoms. The van der Waals surface area contributed by atoms with Gasteiger partial charge in [0, 0.05) is 26.7 Å². The number of nitrogens with zero attached hydrogens (tertiary/aromatic N) is 1. The molecule has 1 amide bonds. The Bertz CT molecular complexity index is 813. The van der Waals surface area contributed by atoms with Gasteiger partial charge in [0.05, 0.1) is 12.1 Å². The number of halogens is 2. The second-order valence-electron chi connectivity index (χ2n) is 4.89. The Kier molecular flexibility index (Phi) is 4.96. The van der Waals surface area contributed by atoms with Crippen LogP contribution in [0.15, 0.2) is 53.9 Å². The molecular formula is C17H12Cl2N2OS. The predicted molar refractivity (Wildman–Crippen MR) is 96.3 cm³/mol. The Morgan fingerprint density at radius 2 is 1.78 bits per heavy atom. The van der Waals surface area contributed by atoms with Crippen molar-refractivity contribution >= 4 is 46.1 Å². The second kappa shape index (κ2) is 7.13. The largest absolute Gasteiger partial charge is 0.326 e. The summed E-state index contributed by atoms with van der Waals surface area (Å²) in [5.74, 6) is -0.159. The van der Waals surface area contributed by atoms with Crippen LogP contribution >= 0.6 is 34.5 Å². The zero-order valence-electron chi connectivity index (χ0n) is 11.9. The topological polar surface area (TPSA) is 42.0 Å². The lowest BCUT2D eigenvalue weighted by Crippen LogP contribution is -2.14. The molecule has 0 aliphatic carbocycles. The van der Waals surface area contributed by atoms with Crippen LogP contribution in [0.2, 0.25) is 10.0 Å². The average Bonchev–Trinajstić information content (AvgIpc) is 2.95. The highest BCUT2D eigenvalue weighted by atomic mass is 35.5. The summed E-state index contributed by atoms with van der Waals surface area (Å²) in [6.45, 7) is 0. The van der Waals surface area contributed by atoms with E-state index in [4.69, 9.17) is 23.2 Å². The zero-order valence-corrected chi connectivity index (χ0v) is 14.3. The van der Waals surface area contributed by atoms with Crippen molar-refractivity contribution in [3.05, 3.63) is 69.7 Å². The van der Waals surface area contributed by atoms with E-state index in [1.54, 1.807) is 18.2 Å². The molecule has 1 aromatic heterocycles. The summed E-state index contributed by atoms with van der Waals surface area (Å²) in [5, 5.41) is 6.53. The first-order valence-electron chi connectivity index (χ1n) is 6.86. The number of hydrogen-bond donors (Lipinski definition) is 1. The minimum absolute atomic E-state index is 0.159. The van der Waals surface area contributed by atoms with Crippen LogP contribution in [-0.4, -0.2) is 10.9 Å². The lowest BCUT2D eigenvalue weighted by molar-refractivity contribution is -0.115. The quantitative estimate of drug-likeness (QED) is 0.684. The van der Waals surface area contributed by atoms with E-state index in [9.17, 15) is 4.79 Å². The Morgan fingerprint density at radius 1 is 1.09 bits per heavy atom. The van der Waals surface area contributed by atoms with Gasteiger partial charge in [-0.15, -0.1) is 11.3 Å². The highest BCUT2D eigenvalue weighted by Gasteiger charge is 2.10. The van der Waals surface area contributed by atoms with Gasteiger partial charge < -0.3 is 5.32 Å². The molecule has 0 radical (unpaired) electrons. The molecule has 1 heterocycles. The van der Waals surface area contributed by atoms with Crippen molar-refractivity contribution in [1.29, 1.82) is 0 Å². The monoisotopic (exact) mass is 362 g/mol. The predicted octanol–water partition coefficient (Wildman–Crippen LogP) is 5.30. The summed E-state index contributed by atoms with van der Waals surface area (Å²) in [4.78, 5) is 16.6. The van der Waals surface area contributed by atoms with Gasteiger partial charge in [0.1, 0.15) is 5.01 Å². The van der Waals surface area contributed by atoms with Gasteiger partial charge in [-0.05, 0) is 18.2 Å². The number of carbonyl (C=O) groups excluding carboxylic acids is 1. The molecule has 3 nitrogen and oxygen atoms in total. The maximum absolute atomic E-state index is 12.1. The molecule has 0 unspecified atom stereocenters. The van der Waals surface area contributed by atoms with E-state index >= 15 is 0 Å². The van der Waals surface area contributed by atoms with Gasteiger partial charge in [-0.1, -0.05) is 53.5 Å². The van der Waals surface area contributed by atoms with Crippen LogP contribution < -0.4 is 5.32 Å². The van der Waals surface area contributed by atoms with Crippen LogP contribution in [0.3, 0.4) is 0 Å². The maximum atomic E-state index is 12.1. The van der Waals surface area contributed by atoms with Crippen molar-refractivity contribution in [2.24, 2.45) is 0 Å². The first kappa shape index (κ1) is 16.0. The molecule has 2 aromatic carbocycles. The number of hydrogen-bond acceptors (Lipinski definition) is 3. The summed E-state index contributed by atoms with van der Waals surface area (Å²) in [7, 11) is 0. The molecule has 1 N–H and O–H groups in total. The molecule has 116 valence electrons. The number of anilines is 1. The van der Waals surface area contributed by atoms with E-state index in [0.29, 0.717) is 15.7 Å². The van der Waals surface area contributed by atoms with Gasteiger partial charge in [-0.3, -0.25) is 4.79 Å². The third kappa shape index (κ3) is 4.32. The van der Waals surface area contributed by atoms with E-state index in [0.717, 1.165) is 16.3 Å². The van der Waals surface area contributed by atoms with Crippen molar-refractivity contribution in [3.8, 4) is 10.6 Å². The molecule has 3 rings (SSSR count). The average molecular weight is 363 g/mol. The number of benzene rings is 2. The number of rotatable bonds is 4. The highest BCUT2D eigenvalue weighted by molar-refractivity contribution is 7.13. The van der Waals surface area contributed by atoms with Gasteiger partial charge in [-0.25, -0.2) is 4.98 Å². The Hall–Kier alpha value is -1.88. The second-order valence-corrected chi connectivity index (χ2v) is 6.62. The van der Waals surface area contributed by atoms with E-state index in [1.807, 2.05) is 35.7 Å². The van der Waals surface area contributed by atoms with Crippen LogP contribution in [-0.2, 0) is 11.2 Å². The number of aromatic nitrogens is 1. The molecule has 0 fully saturated rings. The van der Waals surface area contributed by atoms with Gasteiger partial charge >= 0.3 is 0 Å². The van der Waals surface area contributed by atoms with Crippen molar-refractivity contribution in [1.82, 2.24) is 4.98 Å². The first-order chi connectivity index (χ1) is 11.1.